The van der Waals surface area contributed by atoms with Gasteiger partial charge in [-0.3, -0.25) is 0 Å². The van der Waals surface area contributed by atoms with E-state index in [1.54, 1.807) is 0 Å². The molecule has 2 heteroatoms. The number of rotatable bonds is 0. The fraction of sp³-hybridized carbons (Fsp3) is 0.667. The highest BCUT2D eigenvalue weighted by atomic mass is 16.4. The highest BCUT2D eigenvalue weighted by molar-refractivity contribution is 5.90. The molecule has 0 amide bonds. The number of hydrogen-bond donors (Lipinski definition) is 1. The maximum Gasteiger partial charge on any atom is 0.0638 e. The average molecular weight is 151 g/mol. The normalized spacial score (nSPS) is 35.5. The lowest BCUT2D eigenvalue weighted by molar-refractivity contribution is 0.313. The summed E-state index contributed by atoms with van der Waals surface area (Å²) < 4.78 is 0. The van der Waals surface area contributed by atoms with E-state index >= 15 is 0 Å². The van der Waals surface area contributed by atoms with Crippen LogP contribution in [-0.2, 0) is 0 Å². The molecule has 60 valence electrons. The van der Waals surface area contributed by atoms with Crippen molar-refractivity contribution in [1.29, 1.82) is 0 Å². The Bertz CT molecular complexity index is 190. The van der Waals surface area contributed by atoms with Gasteiger partial charge in [-0.15, -0.1) is 0 Å². The summed E-state index contributed by atoms with van der Waals surface area (Å²) in [5.41, 5.74) is 1.05. The van der Waals surface area contributed by atoms with Gasteiger partial charge in [0.2, 0.25) is 0 Å². The molecule has 0 aromatic rings. The van der Waals surface area contributed by atoms with Crippen molar-refractivity contribution in [3.8, 4) is 0 Å². The van der Waals surface area contributed by atoms with Crippen LogP contribution in [-0.4, -0.2) is 10.9 Å². The van der Waals surface area contributed by atoms with Gasteiger partial charge >= 0.3 is 0 Å². The number of fused-ring (bicyclic) bond motifs is 2. The molecule has 0 spiro atoms. The standard InChI is InChI=1S/C9H13NO/c11-10-9-7-3-1-2-4-8(9)6-5-7/h1-2,7-8,11H,3-6H2. The Labute approximate surface area is 66.6 Å². The molecule has 2 rings (SSSR count). The van der Waals surface area contributed by atoms with Gasteiger partial charge < -0.3 is 5.21 Å². The topological polar surface area (TPSA) is 32.6 Å². The number of oxime groups is 1. The molecular weight excluding hydrogens is 138 g/mol. The minimum atomic E-state index is 0.545. The van der Waals surface area contributed by atoms with Crippen molar-refractivity contribution < 1.29 is 5.21 Å². The van der Waals surface area contributed by atoms with E-state index in [4.69, 9.17) is 5.21 Å². The Hall–Kier alpha value is -0.790. The zero-order valence-corrected chi connectivity index (χ0v) is 6.53. The van der Waals surface area contributed by atoms with Crippen LogP contribution in [0.3, 0.4) is 0 Å². The summed E-state index contributed by atoms with van der Waals surface area (Å²) in [5.74, 6) is 1.09. The van der Waals surface area contributed by atoms with Gasteiger partial charge in [0.1, 0.15) is 0 Å². The molecule has 0 aromatic carbocycles. The Morgan fingerprint density at radius 3 is 2.18 bits per heavy atom. The van der Waals surface area contributed by atoms with Crippen LogP contribution in [0.1, 0.15) is 25.7 Å². The van der Waals surface area contributed by atoms with Crippen LogP contribution < -0.4 is 0 Å². The van der Waals surface area contributed by atoms with Gasteiger partial charge in [-0.2, -0.15) is 0 Å². The summed E-state index contributed by atoms with van der Waals surface area (Å²) in [6.07, 6.45) is 9.03. The van der Waals surface area contributed by atoms with E-state index in [9.17, 15) is 0 Å². The largest absolute Gasteiger partial charge is 0.411 e. The summed E-state index contributed by atoms with van der Waals surface area (Å²) in [7, 11) is 0. The molecule has 2 unspecified atom stereocenters. The molecule has 2 aliphatic carbocycles. The van der Waals surface area contributed by atoms with Gasteiger partial charge in [0, 0.05) is 11.8 Å². The van der Waals surface area contributed by atoms with Gasteiger partial charge in [-0.1, -0.05) is 17.3 Å². The lowest BCUT2D eigenvalue weighted by atomic mass is 10.0. The first kappa shape index (κ1) is 6.89. The van der Waals surface area contributed by atoms with Crippen molar-refractivity contribution in [2.45, 2.75) is 25.7 Å². The summed E-state index contributed by atoms with van der Waals surface area (Å²) in [6.45, 7) is 0. The van der Waals surface area contributed by atoms with E-state index in [1.807, 2.05) is 0 Å². The summed E-state index contributed by atoms with van der Waals surface area (Å²) in [4.78, 5) is 0. The molecule has 1 N–H and O–H groups in total. The average Bonchev–Trinajstić information content (AvgIpc) is 2.23. The summed E-state index contributed by atoms with van der Waals surface area (Å²) in [5, 5.41) is 12.2. The second kappa shape index (κ2) is 2.68. The number of nitrogens with zero attached hydrogens (tertiary/aromatic N) is 1. The van der Waals surface area contributed by atoms with Crippen molar-refractivity contribution in [2.75, 3.05) is 0 Å². The second-order valence-corrected chi connectivity index (χ2v) is 3.44. The smallest absolute Gasteiger partial charge is 0.0638 e. The molecule has 0 aromatic heterocycles. The van der Waals surface area contributed by atoms with E-state index in [-0.39, 0.29) is 0 Å². The predicted octanol–water partition coefficient (Wildman–Crippen LogP) is 2.19. The van der Waals surface area contributed by atoms with Gasteiger partial charge in [-0.25, -0.2) is 0 Å². The number of allylic oxidation sites excluding steroid dienone is 2. The quantitative estimate of drug-likeness (QED) is 0.321. The highest BCUT2D eigenvalue weighted by Crippen LogP contribution is 2.35. The Balaban J connectivity index is 2.25. The van der Waals surface area contributed by atoms with Gasteiger partial charge in [0.25, 0.3) is 0 Å². The van der Waals surface area contributed by atoms with Crippen LogP contribution in [0.15, 0.2) is 17.3 Å². The minimum absolute atomic E-state index is 0.545. The van der Waals surface area contributed by atoms with Crippen LogP contribution in [0.2, 0.25) is 0 Å². The van der Waals surface area contributed by atoms with Crippen LogP contribution >= 0.6 is 0 Å². The van der Waals surface area contributed by atoms with Crippen molar-refractivity contribution in [3.05, 3.63) is 12.2 Å². The molecular formula is C9H13NO. The first-order valence-electron chi connectivity index (χ1n) is 4.28. The first-order chi connectivity index (χ1) is 5.42. The van der Waals surface area contributed by atoms with Crippen molar-refractivity contribution in [3.63, 3.8) is 0 Å². The van der Waals surface area contributed by atoms with Crippen molar-refractivity contribution in [2.24, 2.45) is 17.0 Å². The minimum Gasteiger partial charge on any atom is -0.411 e. The molecule has 0 aliphatic heterocycles. The molecule has 1 fully saturated rings. The van der Waals surface area contributed by atoms with E-state index in [0.717, 1.165) is 18.6 Å². The zero-order chi connectivity index (χ0) is 7.68. The fourth-order valence-electron chi connectivity index (χ4n) is 2.19. The third kappa shape index (κ3) is 1.06. The molecule has 2 aliphatic rings. The monoisotopic (exact) mass is 151 g/mol. The molecule has 0 radical (unpaired) electrons. The van der Waals surface area contributed by atoms with Crippen molar-refractivity contribution in [1.82, 2.24) is 0 Å². The molecule has 0 saturated heterocycles. The van der Waals surface area contributed by atoms with E-state index in [1.165, 1.54) is 12.8 Å². The molecule has 0 heterocycles. The zero-order valence-electron chi connectivity index (χ0n) is 6.53. The lowest BCUT2D eigenvalue weighted by Gasteiger charge is -2.06. The number of hydrogen-bond acceptors (Lipinski definition) is 2. The van der Waals surface area contributed by atoms with Gasteiger partial charge in [0.05, 0.1) is 5.71 Å². The first-order valence-corrected chi connectivity index (χ1v) is 4.28. The summed E-state index contributed by atoms with van der Waals surface area (Å²) >= 11 is 0. The molecule has 11 heavy (non-hydrogen) atoms. The fourth-order valence-corrected chi connectivity index (χ4v) is 2.19. The van der Waals surface area contributed by atoms with Crippen LogP contribution in [0, 0.1) is 11.8 Å². The maximum atomic E-state index is 8.76. The second-order valence-electron chi connectivity index (χ2n) is 3.44. The van der Waals surface area contributed by atoms with Crippen molar-refractivity contribution >= 4 is 5.71 Å². The molecule has 2 nitrogen and oxygen atoms in total. The third-order valence-electron chi connectivity index (χ3n) is 2.82. The third-order valence-corrected chi connectivity index (χ3v) is 2.82. The lowest BCUT2D eigenvalue weighted by Crippen LogP contribution is -2.11. The van der Waals surface area contributed by atoms with E-state index in [0.29, 0.717) is 11.8 Å². The molecule has 2 atom stereocenters. The predicted molar refractivity (Wildman–Crippen MR) is 43.8 cm³/mol. The molecule has 1 saturated carbocycles. The Morgan fingerprint density at radius 1 is 1.18 bits per heavy atom. The van der Waals surface area contributed by atoms with E-state index in [2.05, 4.69) is 17.3 Å². The maximum absolute atomic E-state index is 8.76. The highest BCUT2D eigenvalue weighted by Gasteiger charge is 2.32. The van der Waals surface area contributed by atoms with E-state index < -0.39 is 0 Å². The molecule has 2 bridgehead atoms. The Morgan fingerprint density at radius 2 is 1.73 bits per heavy atom. The van der Waals surface area contributed by atoms with Gasteiger partial charge in [0.15, 0.2) is 0 Å². The SMILES string of the molecule is ON=C1C2CC=CCC1CC2. The van der Waals surface area contributed by atoms with Crippen LogP contribution in [0.5, 0.6) is 0 Å². The van der Waals surface area contributed by atoms with Crippen LogP contribution in [0.25, 0.3) is 0 Å². The van der Waals surface area contributed by atoms with Crippen LogP contribution in [0.4, 0.5) is 0 Å². The summed E-state index contributed by atoms with van der Waals surface area (Å²) in [6, 6.07) is 0. The Kier molecular flexibility index (Phi) is 1.68. The van der Waals surface area contributed by atoms with Gasteiger partial charge in [-0.05, 0) is 25.7 Å².